The minimum Gasteiger partial charge on any atom is -0.467 e. The highest BCUT2D eigenvalue weighted by Gasteiger charge is 2.27. The summed E-state index contributed by atoms with van der Waals surface area (Å²) in [4.78, 5) is 26.5. The van der Waals surface area contributed by atoms with E-state index >= 15 is 0 Å². The minimum absolute atomic E-state index is 0.217. The fourth-order valence-corrected chi connectivity index (χ4v) is 1.89. The summed E-state index contributed by atoms with van der Waals surface area (Å²) in [7, 11) is 1.24. The highest BCUT2D eigenvalue weighted by molar-refractivity contribution is 5.74. The van der Waals surface area contributed by atoms with Crippen molar-refractivity contribution < 1.29 is 24.2 Å². The molecule has 1 amide bonds. The summed E-state index contributed by atoms with van der Waals surface area (Å²) in [5.41, 5.74) is -0.505. The lowest BCUT2D eigenvalue weighted by Crippen LogP contribution is -2.52. The summed E-state index contributed by atoms with van der Waals surface area (Å²) in [6.45, 7) is 7.91. The summed E-state index contributed by atoms with van der Waals surface area (Å²) in [6.07, 6.45) is -1.47. The molecular formula is C13H24N2O5. The molecule has 1 unspecified atom stereocenters. The molecule has 0 aromatic heterocycles. The number of rotatable bonds is 3. The predicted octanol–water partition coefficient (Wildman–Crippen LogP) is 0.0730. The van der Waals surface area contributed by atoms with Crippen LogP contribution in [0.3, 0.4) is 0 Å². The second-order valence-electron chi connectivity index (χ2n) is 5.81. The number of ether oxygens (including phenoxy) is 2. The minimum atomic E-state index is -1.15. The zero-order chi connectivity index (χ0) is 15.3. The third-order valence-electron chi connectivity index (χ3n) is 2.93. The summed E-state index contributed by atoms with van der Waals surface area (Å²) in [6, 6.07) is 0. The largest absolute Gasteiger partial charge is 0.467 e. The van der Waals surface area contributed by atoms with Gasteiger partial charge < -0.3 is 19.5 Å². The molecule has 0 spiro atoms. The van der Waals surface area contributed by atoms with E-state index < -0.39 is 17.7 Å². The van der Waals surface area contributed by atoms with Crippen LogP contribution in [-0.2, 0) is 14.3 Å². The molecule has 7 heteroatoms. The van der Waals surface area contributed by atoms with E-state index in [2.05, 4.69) is 4.74 Å². The van der Waals surface area contributed by atoms with Crippen LogP contribution in [0, 0.1) is 0 Å². The first kappa shape index (κ1) is 16.7. The maximum absolute atomic E-state index is 11.9. The Hall–Kier alpha value is -1.34. The average Bonchev–Trinajstić information content (AvgIpc) is 2.36. The van der Waals surface area contributed by atoms with Gasteiger partial charge in [0.1, 0.15) is 5.60 Å². The Morgan fingerprint density at radius 2 is 1.75 bits per heavy atom. The lowest BCUT2D eigenvalue weighted by Gasteiger charge is -2.35. The number of carbonyl (C=O) groups excluding carboxylic acids is 2. The number of carbonyl (C=O) groups is 2. The van der Waals surface area contributed by atoms with E-state index in [1.165, 1.54) is 7.11 Å². The van der Waals surface area contributed by atoms with Crippen molar-refractivity contribution >= 4 is 12.1 Å². The maximum atomic E-state index is 11.9. The van der Waals surface area contributed by atoms with Gasteiger partial charge in [-0.15, -0.1) is 0 Å². The molecular weight excluding hydrogens is 264 g/mol. The molecule has 116 valence electrons. The molecule has 1 aliphatic heterocycles. The number of aliphatic hydroxyl groups excluding tert-OH is 1. The summed E-state index contributed by atoms with van der Waals surface area (Å²) < 4.78 is 9.76. The van der Waals surface area contributed by atoms with Crippen molar-refractivity contribution in [1.29, 1.82) is 0 Å². The van der Waals surface area contributed by atoms with Crippen molar-refractivity contribution in [3.63, 3.8) is 0 Å². The van der Waals surface area contributed by atoms with Gasteiger partial charge in [-0.25, -0.2) is 9.59 Å². The van der Waals surface area contributed by atoms with Crippen LogP contribution in [0.5, 0.6) is 0 Å². The van der Waals surface area contributed by atoms with E-state index in [4.69, 9.17) is 4.74 Å². The second kappa shape index (κ2) is 6.90. The Morgan fingerprint density at radius 1 is 1.20 bits per heavy atom. The standard InChI is InChI=1S/C13H24N2O5/c1-13(2,3)20-12(18)15-7-5-14(6-8-15)9-10(16)11(17)19-4/h10,16H,5-9H2,1-4H3. The molecule has 0 saturated carbocycles. The van der Waals surface area contributed by atoms with Crippen molar-refractivity contribution in [2.24, 2.45) is 0 Å². The number of amides is 1. The molecule has 0 radical (unpaired) electrons. The number of aliphatic hydroxyl groups is 1. The summed E-state index contributed by atoms with van der Waals surface area (Å²) in [5.74, 6) is -0.639. The van der Waals surface area contributed by atoms with Crippen LogP contribution in [0.15, 0.2) is 0 Å². The number of methoxy groups -OCH3 is 1. The molecule has 1 heterocycles. The molecule has 1 N–H and O–H groups in total. The van der Waals surface area contributed by atoms with Gasteiger partial charge in [0, 0.05) is 32.7 Å². The summed E-state index contributed by atoms with van der Waals surface area (Å²) >= 11 is 0. The molecule has 1 atom stereocenters. The molecule has 1 aliphatic rings. The molecule has 1 saturated heterocycles. The number of nitrogens with zero attached hydrogens (tertiary/aromatic N) is 2. The maximum Gasteiger partial charge on any atom is 0.410 e. The fraction of sp³-hybridized carbons (Fsp3) is 0.846. The van der Waals surface area contributed by atoms with Crippen molar-refractivity contribution in [3.8, 4) is 0 Å². The lowest BCUT2D eigenvalue weighted by molar-refractivity contribution is -0.151. The normalized spacial score (nSPS) is 18.6. The molecule has 0 aliphatic carbocycles. The van der Waals surface area contributed by atoms with Crippen molar-refractivity contribution in [1.82, 2.24) is 9.80 Å². The fourth-order valence-electron chi connectivity index (χ4n) is 1.89. The van der Waals surface area contributed by atoms with E-state index in [1.807, 2.05) is 25.7 Å². The predicted molar refractivity (Wildman–Crippen MR) is 72.3 cm³/mol. The van der Waals surface area contributed by atoms with Crippen molar-refractivity contribution in [2.75, 3.05) is 39.8 Å². The van der Waals surface area contributed by atoms with E-state index in [-0.39, 0.29) is 12.6 Å². The van der Waals surface area contributed by atoms with E-state index in [9.17, 15) is 14.7 Å². The first-order valence-electron chi connectivity index (χ1n) is 6.69. The Bertz CT molecular complexity index is 345. The van der Waals surface area contributed by atoms with Crippen LogP contribution in [0.25, 0.3) is 0 Å². The van der Waals surface area contributed by atoms with E-state index in [0.717, 1.165) is 0 Å². The average molecular weight is 288 g/mol. The third kappa shape index (κ3) is 5.34. The molecule has 0 bridgehead atoms. The SMILES string of the molecule is COC(=O)C(O)CN1CCN(C(=O)OC(C)(C)C)CC1. The Balaban J connectivity index is 2.36. The van der Waals surface area contributed by atoms with Gasteiger partial charge in [0.05, 0.1) is 7.11 Å². The van der Waals surface area contributed by atoms with E-state index in [1.54, 1.807) is 4.90 Å². The quantitative estimate of drug-likeness (QED) is 0.741. The van der Waals surface area contributed by atoms with Gasteiger partial charge in [0.15, 0.2) is 6.10 Å². The van der Waals surface area contributed by atoms with Crippen molar-refractivity contribution in [3.05, 3.63) is 0 Å². The zero-order valence-corrected chi connectivity index (χ0v) is 12.6. The first-order chi connectivity index (χ1) is 9.23. The Labute approximate surface area is 119 Å². The van der Waals surface area contributed by atoms with Gasteiger partial charge in [0.25, 0.3) is 0 Å². The van der Waals surface area contributed by atoms with Gasteiger partial charge in [-0.1, -0.05) is 0 Å². The van der Waals surface area contributed by atoms with Gasteiger partial charge in [-0.2, -0.15) is 0 Å². The van der Waals surface area contributed by atoms with Crippen LogP contribution < -0.4 is 0 Å². The topological polar surface area (TPSA) is 79.3 Å². The van der Waals surface area contributed by atoms with Crippen LogP contribution in [0.2, 0.25) is 0 Å². The number of hydrogen-bond acceptors (Lipinski definition) is 6. The highest BCUT2D eigenvalue weighted by atomic mass is 16.6. The lowest BCUT2D eigenvalue weighted by atomic mass is 10.2. The van der Waals surface area contributed by atoms with Crippen molar-refractivity contribution in [2.45, 2.75) is 32.5 Å². The summed E-state index contributed by atoms with van der Waals surface area (Å²) in [5, 5.41) is 9.58. The Morgan fingerprint density at radius 3 is 2.20 bits per heavy atom. The molecule has 20 heavy (non-hydrogen) atoms. The van der Waals surface area contributed by atoms with Gasteiger partial charge in [-0.3, -0.25) is 4.90 Å². The van der Waals surface area contributed by atoms with Crippen LogP contribution in [0.1, 0.15) is 20.8 Å². The molecule has 7 nitrogen and oxygen atoms in total. The third-order valence-corrected chi connectivity index (χ3v) is 2.93. The number of β-amino-alcohol motifs (C(OH)–C–C–N with tert-alkyl or cyclic N) is 1. The van der Waals surface area contributed by atoms with Crippen LogP contribution in [-0.4, -0.2) is 78.5 Å². The Kier molecular flexibility index (Phi) is 5.76. The van der Waals surface area contributed by atoms with Gasteiger partial charge in [0.2, 0.25) is 0 Å². The zero-order valence-electron chi connectivity index (χ0n) is 12.6. The molecule has 0 aromatic rings. The molecule has 0 aromatic carbocycles. The van der Waals surface area contributed by atoms with Crippen LogP contribution in [0.4, 0.5) is 4.79 Å². The molecule has 1 rings (SSSR count). The number of esters is 1. The van der Waals surface area contributed by atoms with E-state index in [0.29, 0.717) is 26.2 Å². The monoisotopic (exact) mass is 288 g/mol. The number of hydrogen-bond donors (Lipinski definition) is 1. The first-order valence-corrected chi connectivity index (χ1v) is 6.69. The second-order valence-corrected chi connectivity index (χ2v) is 5.81. The molecule has 1 fully saturated rings. The van der Waals surface area contributed by atoms with Crippen LogP contribution >= 0.6 is 0 Å². The smallest absolute Gasteiger partial charge is 0.410 e. The van der Waals surface area contributed by atoms with Gasteiger partial charge >= 0.3 is 12.1 Å². The van der Waals surface area contributed by atoms with Gasteiger partial charge in [-0.05, 0) is 20.8 Å². The number of piperazine rings is 1. The highest BCUT2D eigenvalue weighted by Crippen LogP contribution is 2.12.